The number of piperidine rings is 1. The summed E-state index contributed by atoms with van der Waals surface area (Å²) >= 11 is 0. The molecule has 1 aliphatic heterocycles. The molecule has 7 heteroatoms. The topological polar surface area (TPSA) is 78.1 Å². The zero-order valence-electron chi connectivity index (χ0n) is 11.5. The van der Waals surface area contributed by atoms with E-state index < -0.39 is 10.0 Å². The molecule has 2 rings (SSSR count). The molecule has 0 radical (unpaired) electrons. The molecule has 2 heterocycles. The molecule has 1 aliphatic rings. The molecule has 6 nitrogen and oxygen atoms in total. The van der Waals surface area contributed by atoms with Crippen molar-refractivity contribution in [3.05, 3.63) is 12.5 Å². The summed E-state index contributed by atoms with van der Waals surface area (Å²) in [6.45, 7) is 5.42. The fourth-order valence-corrected chi connectivity index (χ4v) is 3.97. The Bertz CT molecular complexity index is 484. The number of hydrogen-bond donors (Lipinski definition) is 2. The SMILES string of the molecule is CC(C)NCC1CCCCN1S(=O)(=O)c1cnc[nH]1. The zero-order valence-corrected chi connectivity index (χ0v) is 12.3. The van der Waals surface area contributed by atoms with Crippen LogP contribution < -0.4 is 5.32 Å². The lowest BCUT2D eigenvalue weighted by Crippen LogP contribution is -2.49. The van der Waals surface area contributed by atoms with Crippen molar-refractivity contribution < 1.29 is 8.42 Å². The van der Waals surface area contributed by atoms with Crippen LogP contribution in [0.3, 0.4) is 0 Å². The molecule has 108 valence electrons. The van der Waals surface area contributed by atoms with Gasteiger partial charge in [0, 0.05) is 25.2 Å². The van der Waals surface area contributed by atoms with Gasteiger partial charge in [0.25, 0.3) is 10.0 Å². The Balaban J connectivity index is 2.15. The highest BCUT2D eigenvalue weighted by molar-refractivity contribution is 7.89. The van der Waals surface area contributed by atoms with E-state index in [2.05, 4.69) is 29.1 Å². The summed E-state index contributed by atoms with van der Waals surface area (Å²) in [7, 11) is -3.44. The normalized spacial score (nSPS) is 21.9. The first-order valence-electron chi connectivity index (χ1n) is 6.75. The molecule has 1 aromatic heterocycles. The third-order valence-electron chi connectivity index (χ3n) is 3.39. The molecular formula is C12H22N4O2S. The van der Waals surface area contributed by atoms with Gasteiger partial charge in [-0.15, -0.1) is 0 Å². The number of imidazole rings is 1. The van der Waals surface area contributed by atoms with Crippen molar-refractivity contribution in [2.45, 2.75) is 50.2 Å². The second-order valence-corrected chi connectivity index (χ2v) is 7.10. The number of sulfonamides is 1. The van der Waals surface area contributed by atoms with Crippen molar-refractivity contribution in [1.82, 2.24) is 19.6 Å². The molecule has 2 N–H and O–H groups in total. The van der Waals surface area contributed by atoms with Crippen molar-refractivity contribution in [3.8, 4) is 0 Å². The Morgan fingerprint density at radius 3 is 2.95 bits per heavy atom. The molecule has 1 aromatic rings. The molecule has 0 aliphatic carbocycles. The van der Waals surface area contributed by atoms with Crippen LogP contribution in [0.5, 0.6) is 0 Å². The van der Waals surface area contributed by atoms with Gasteiger partial charge >= 0.3 is 0 Å². The van der Waals surface area contributed by atoms with E-state index in [9.17, 15) is 8.42 Å². The number of rotatable bonds is 5. The minimum absolute atomic E-state index is 0.0319. The summed E-state index contributed by atoms with van der Waals surface area (Å²) in [6.07, 6.45) is 5.69. The number of aromatic amines is 1. The third-order valence-corrected chi connectivity index (χ3v) is 5.27. The van der Waals surface area contributed by atoms with Crippen LogP contribution in [0, 0.1) is 0 Å². The van der Waals surface area contributed by atoms with Gasteiger partial charge < -0.3 is 10.3 Å². The molecule has 1 saturated heterocycles. The quantitative estimate of drug-likeness (QED) is 0.845. The van der Waals surface area contributed by atoms with Crippen LogP contribution in [-0.2, 0) is 10.0 Å². The molecule has 19 heavy (non-hydrogen) atoms. The predicted octanol–water partition coefficient (Wildman–Crippen LogP) is 0.951. The Hall–Kier alpha value is -0.920. The van der Waals surface area contributed by atoms with Gasteiger partial charge in [0.05, 0.1) is 12.5 Å². The van der Waals surface area contributed by atoms with Gasteiger partial charge in [-0.3, -0.25) is 0 Å². The first kappa shape index (κ1) is 14.5. The van der Waals surface area contributed by atoms with E-state index in [0.29, 0.717) is 19.1 Å². The maximum atomic E-state index is 12.5. The molecule has 0 saturated carbocycles. The molecule has 0 amide bonds. The maximum absolute atomic E-state index is 12.5. The van der Waals surface area contributed by atoms with Gasteiger partial charge in [-0.05, 0) is 12.8 Å². The van der Waals surface area contributed by atoms with E-state index in [-0.39, 0.29) is 11.1 Å². The van der Waals surface area contributed by atoms with Crippen LogP contribution in [0.4, 0.5) is 0 Å². The highest BCUT2D eigenvalue weighted by Crippen LogP contribution is 2.23. The molecule has 1 atom stereocenters. The molecule has 1 fully saturated rings. The monoisotopic (exact) mass is 286 g/mol. The summed E-state index contributed by atoms with van der Waals surface area (Å²) in [5, 5.41) is 3.51. The minimum Gasteiger partial charge on any atom is -0.335 e. The zero-order chi connectivity index (χ0) is 13.9. The molecule has 0 aromatic carbocycles. The average Bonchev–Trinajstić information content (AvgIpc) is 2.91. The lowest BCUT2D eigenvalue weighted by Gasteiger charge is -2.34. The smallest absolute Gasteiger partial charge is 0.260 e. The van der Waals surface area contributed by atoms with Gasteiger partial charge in [0.15, 0.2) is 5.03 Å². The maximum Gasteiger partial charge on any atom is 0.260 e. The lowest BCUT2D eigenvalue weighted by molar-refractivity contribution is 0.241. The van der Waals surface area contributed by atoms with Crippen molar-refractivity contribution >= 4 is 10.0 Å². The first-order valence-corrected chi connectivity index (χ1v) is 8.19. The fourth-order valence-electron chi connectivity index (χ4n) is 2.38. The van der Waals surface area contributed by atoms with E-state index >= 15 is 0 Å². The minimum atomic E-state index is -3.44. The fraction of sp³-hybridized carbons (Fsp3) is 0.750. The molecule has 1 unspecified atom stereocenters. The van der Waals surface area contributed by atoms with Crippen LogP contribution in [0.1, 0.15) is 33.1 Å². The van der Waals surface area contributed by atoms with Crippen LogP contribution in [0.15, 0.2) is 17.6 Å². The summed E-state index contributed by atoms with van der Waals surface area (Å²) in [6, 6.07) is 0.392. The van der Waals surface area contributed by atoms with Gasteiger partial charge in [-0.1, -0.05) is 20.3 Å². The Kier molecular flexibility index (Phi) is 4.59. The van der Waals surface area contributed by atoms with Crippen LogP contribution in [0.25, 0.3) is 0 Å². The van der Waals surface area contributed by atoms with E-state index in [4.69, 9.17) is 0 Å². The number of nitrogens with one attached hydrogen (secondary N) is 2. The van der Waals surface area contributed by atoms with Crippen molar-refractivity contribution in [1.29, 1.82) is 0 Å². The Labute approximate surface area is 114 Å². The van der Waals surface area contributed by atoms with Gasteiger partial charge in [-0.25, -0.2) is 13.4 Å². The second-order valence-electron chi connectivity index (χ2n) is 5.24. The van der Waals surface area contributed by atoms with Crippen molar-refractivity contribution in [2.24, 2.45) is 0 Å². The first-order chi connectivity index (χ1) is 9.01. The average molecular weight is 286 g/mol. The highest BCUT2D eigenvalue weighted by atomic mass is 32.2. The number of aromatic nitrogens is 2. The summed E-state index contributed by atoms with van der Waals surface area (Å²) in [5.41, 5.74) is 0. The number of nitrogens with zero attached hydrogens (tertiary/aromatic N) is 2. The highest BCUT2D eigenvalue weighted by Gasteiger charge is 2.34. The van der Waals surface area contributed by atoms with E-state index in [1.165, 1.54) is 12.5 Å². The van der Waals surface area contributed by atoms with Gasteiger partial charge in [-0.2, -0.15) is 4.31 Å². The van der Waals surface area contributed by atoms with E-state index in [1.54, 1.807) is 4.31 Å². The number of H-pyrrole nitrogens is 1. The molecule has 0 spiro atoms. The summed E-state index contributed by atoms with van der Waals surface area (Å²) in [5.74, 6) is 0. The van der Waals surface area contributed by atoms with Gasteiger partial charge in [0.1, 0.15) is 0 Å². The van der Waals surface area contributed by atoms with Crippen LogP contribution in [-0.4, -0.2) is 47.9 Å². The van der Waals surface area contributed by atoms with E-state index in [0.717, 1.165) is 19.3 Å². The molecule has 0 bridgehead atoms. The standard InChI is InChI=1S/C12H22N4O2S/c1-10(2)14-7-11-5-3-4-6-16(11)19(17,18)12-8-13-9-15-12/h8-11,14H,3-7H2,1-2H3,(H,13,15). The van der Waals surface area contributed by atoms with Crippen molar-refractivity contribution in [3.63, 3.8) is 0 Å². The lowest BCUT2D eigenvalue weighted by atomic mass is 10.0. The Morgan fingerprint density at radius 2 is 2.32 bits per heavy atom. The molecular weight excluding hydrogens is 264 g/mol. The summed E-state index contributed by atoms with van der Waals surface area (Å²) < 4.78 is 26.7. The van der Waals surface area contributed by atoms with Crippen LogP contribution >= 0.6 is 0 Å². The summed E-state index contributed by atoms with van der Waals surface area (Å²) in [4.78, 5) is 6.50. The Morgan fingerprint density at radius 1 is 1.53 bits per heavy atom. The van der Waals surface area contributed by atoms with E-state index in [1.807, 2.05) is 0 Å². The van der Waals surface area contributed by atoms with Crippen molar-refractivity contribution in [2.75, 3.05) is 13.1 Å². The second kappa shape index (κ2) is 6.02. The predicted molar refractivity (Wildman–Crippen MR) is 73.3 cm³/mol. The largest absolute Gasteiger partial charge is 0.335 e. The number of hydrogen-bond acceptors (Lipinski definition) is 4. The van der Waals surface area contributed by atoms with Crippen LogP contribution in [0.2, 0.25) is 0 Å². The van der Waals surface area contributed by atoms with Gasteiger partial charge in [0.2, 0.25) is 0 Å². The third kappa shape index (κ3) is 3.34.